The highest BCUT2D eigenvalue weighted by Crippen LogP contribution is 2.23. The molecule has 0 spiro atoms. The lowest BCUT2D eigenvalue weighted by molar-refractivity contribution is 0.0665. The van der Waals surface area contributed by atoms with Crippen molar-refractivity contribution in [2.24, 2.45) is 0 Å². The van der Waals surface area contributed by atoms with E-state index in [4.69, 9.17) is 32.7 Å². The number of carboxylic acids is 1. The number of nitrogens with one attached hydrogen (secondary N) is 1. The minimum absolute atomic E-state index is 0.0761. The first-order valence-corrected chi connectivity index (χ1v) is 7.09. The number of hydrogen-bond acceptors (Lipinski definition) is 4. The van der Waals surface area contributed by atoms with Crippen molar-refractivity contribution in [1.29, 1.82) is 0 Å². The largest absolute Gasteiger partial charge is 0.475 e. The molecule has 0 unspecified atom stereocenters. The molecule has 22 heavy (non-hydrogen) atoms. The van der Waals surface area contributed by atoms with Crippen LogP contribution >= 0.6 is 23.2 Å². The molecular formula is C15H10Cl2N2O3. The van der Waals surface area contributed by atoms with Crippen LogP contribution in [0.1, 0.15) is 16.1 Å². The molecule has 2 N–H and O–H groups in total. The topological polar surface area (TPSA) is 75.4 Å². The van der Waals surface area contributed by atoms with Crippen LogP contribution in [0.3, 0.4) is 0 Å². The second-order valence-electron chi connectivity index (χ2n) is 4.64. The van der Waals surface area contributed by atoms with Crippen molar-refractivity contribution in [2.75, 3.05) is 5.32 Å². The molecule has 5 nitrogen and oxygen atoms in total. The van der Waals surface area contributed by atoms with E-state index in [0.717, 1.165) is 16.6 Å². The van der Waals surface area contributed by atoms with Gasteiger partial charge in [0.15, 0.2) is 0 Å². The Balaban J connectivity index is 1.80. The van der Waals surface area contributed by atoms with Gasteiger partial charge in [-0.1, -0.05) is 35.3 Å². The van der Waals surface area contributed by atoms with Gasteiger partial charge in [-0.15, -0.1) is 0 Å². The molecule has 0 aliphatic carbocycles. The summed E-state index contributed by atoms with van der Waals surface area (Å²) in [6.07, 6.45) is 0. The van der Waals surface area contributed by atoms with Crippen molar-refractivity contribution in [3.63, 3.8) is 0 Å². The van der Waals surface area contributed by atoms with Gasteiger partial charge < -0.3 is 14.8 Å². The number of aromatic carboxylic acids is 1. The summed E-state index contributed by atoms with van der Waals surface area (Å²) in [5.41, 5.74) is 2.21. The van der Waals surface area contributed by atoms with Gasteiger partial charge in [0, 0.05) is 17.6 Å². The average molecular weight is 337 g/mol. The molecule has 0 bridgehead atoms. The van der Waals surface area contributed by atoms with Crippen LogP contribution in [0.4, 0.5) is 5.69 Å². The molecule has 2 heterocycles. The smallest absolute Gasteiger partial charge is 0.371 e. The van der Waals surface area contributed by atoms with E-state index < -0.39 is 5.97 Å². The van der Waals surface area contributed by atoms with E-state index in [2.05, 4.69) is 10.3 Å². The summed E-state index contributed by atoms with van der Waals surface area (Å²) in [5.74, 6) is -1.16. The van der Waals surface area contributed by atoms with E-state index in [9.17, 15) is 4.79 Å². The maximum Gasteiger partial charge on any atom is 0.371 e. The van der Waals surface area contributed by atoms with Gasteiger partial charge in [-0.05, 0) is 29.8 Å². The molecule has 112 valence electrons. The molecule has 0 fully saturated rings. The second-order valence-corrected chi connectivity index (χ2v) is 5.42. The Kier molecular flexibility index (Phi) is 3.92. The van der Waals surface area contributed by atoms with Crippen molar-refractivity contribution >= 4 is 45.8 Å². The number of carboxylic acid groups (broad SMARTS) is 1. The standard InChI is InChI=1S/C15H10Cl2N2O3/c16-13-5-10(6-14(17)19-13)18-7-8-1-2-9-4-12(15(20)21)22-11(9)3-8/h1-6H,7H2,(H,18,19)(H,20,21). The van der Waals surface area contributed by atoms with Gasteiger partial charge in [0.1, 0.15) is 15.9 Å². The summed E-state index contributed by atoms with van der Waals surface area (Å²) in [7, 11) is 0. The van der Waals surface area contributed by atoms with Gasteiger partial charge in [0.2, 0.25) is 5.76 Å². The predicted molar refractivity (Wildman–Crippen MR) is 84.8 cm³/mol. The highest BCUT2D eigenvalue weighted by molar-refractivity contribution is 6.32. The number of carbonyl (C=O) groups is 1. The molecule has 1 aromatic carbocycles. The van der Waals surface area contributed by atoms with Gasteiger partial charge >= 0.3 is 5.97 Å². The van der Waals surface area contributed by atoms with Gasteiger partial charge in [0.25, 0.3) is 0 Å². The minimum atomic E-state index is -1.09. The Morgan fingerprint density at radius 1 is 1.18 bits per heavy atom. The number of fused-ring (bicyclic) bond motifs is 1. The average Bonchev–Trinajstić information content (AvgIpc) is 2.87. The summed E-state index contributed by atoms with van der Waals surface area (Å²) >= 11 is 11.7. The SMILES string of the molecule is O=C(O)c1cc2ccc(CNc3cc(Cl)nc(Cl)c3)cc2o1. The normalized spacial score (nSPS) is 10.8. The monoisotopic (exact) mass is 336 g/mol. The highest BCUT2D eigenvalue weighted by atomic mass is 35.5. The third kappa shape index (κ3) is 3.16. The van der Waals surface area contributed by atoms with Gasteiger partial charge in [-0.2, -0.15) is 0 Å². The lowest BCUT2D eigenvalue weighted by Gasteiger charge is -2.07. The summed E-state index contributed by atoms with van der Waals surface area (Å²) in [6.45, 7) is 0.510. The number of benzene rings is 1. The predicted octanol–water partition coefficient (Wildman–Crippen LogP) is 4.44. The van der Waals surface area contributed by atoms with Crippen LogP contribution in [-0.4, -0.2) is 16.1 Å². The minimum Gasteiger partial charge on any atom is -0.475 e. The molecule has 3 rings (SSSR count). The number of halogens is 2. The Morgan fingerprint density at radius 3 is 2.59 bits per heavy atom. The first kappa shape index (κ1) is 14.7. The molecule has 7 heteroatoms. The second kappa shape index (κ2) is 5.87. The Hall–Kier alpha value is -2.24. The van der Waals surface area contributed by atoms with E-state index >= 15 is 0 Å². The zero-order valence-corrected chi connectivity index (χ0v) is 12.6. The van der Waals surface area contributed by atoms with E-state index in [1.165, 1.54) is 6.07 Å². The first-order chi connectivity index (χ1) is 10.5. The Morgan fingerprint density at radius 2 is 1.91 bits per heavy atom. The molecular weight excluding hydrogens is 327 g/mol. The van der Waals surface area contributed by atoms with Crippen molar-refractivity contribution in [2.45, 2.75) is 6.54 Å². The van der Waals surface area contributed by atoms with Crippen LogP contribution in [0.2, 0.25) is 10.3 Å². The van der Waals surface area contributed by atoms with Crippen LogP contribution in [0.5, 0.6) is 0 Å². The van der Waals surface area contributed by atoms with Crippen molar-refractivity contribution in [1.82, 2.24) is 4.98 Å². The Bertz CT molecular complexity index is 841. The molecule has 2 aromatic heterocycles. The number of furan rings is 1. The Labute approximate surface area is 135 Å². The van der Waals surface area contributed by atoms with E-state index in [1.807, 2.05) is 12.1 Å². The summed E-state index contributed by atoms with van der Waals surface area (Å²) in [6, 6.07) is 10.3. The summed E-state index contributed by atoms with van der Waals surface area (Å²) < 4.78 is 5.28. The lowest BCUT2D eigenvalue weighted by Crippen LogP contribution is -1.99. The quantitative estimate of drug-likeness (QED) is 0.688. The molecule has 0 aliphatic rings. The van der Waals surface area contributed by atoms with Crippen LogP contribution in [0, 0.1) is 0 Å². The van der Waals surface area contributed by atoms with Crippen LogP contribution in [0.15, 0.2) is 40.8 Å². The maximum atomic E-state index is 10.9. The molecule has 0 aliphatic heterocycles. The van der Waals surface area contributed by atoms with Crippen molar-refractivity contribution in [3.8, 4) is 0 Å². The highest BCUT2D eigenvalue weighted by Gasteiger charge is 2.10. The third-order valence-corrected chi connectivity index (χ3v) is 3.44. The number of rotatable bonds is 4. The van der Waals surface area contributed by atoms with Gasteiger partial charge in [-0.3, -0.25) is 0 Å². The molecule has 0 saturated carbocycles. The molecule has 0 atom stereocenters. The van der Waals surface area contributed by atoms with Crippen LogP contribution < -0.4 is 5.32 Å². The van der Waals surface area contributed by atoms with Crippen LogP contribution in [-0.2, 0) is 6.54 Å². The zero-order valence-electron chi connectivity index (χ0n) is 11.1. The maximum absolute atomic E-state index is 10.9. The van der Waals surface area contributed by atoms with E-state index in [1.54, 1.807) is 18.2 Å². The molecule has 3 aromatic rings. The van der Waals surface area contributed by atoms with E-state index in [0.29, 0.717) is 22.4 Å². The third-order valence-electron chi connectivity index (χ3n) is 3.05. The number of anilines is 1. The van der Waals surface area contributed by atoms with Crippen molar-refractivity contribution in [3.05, 3.63) is 58.0 Å². The van der Waals surface area contributed by atoms with E-state index in [-0.39, 0.29) is 5.76 Å². The molecule has 0 amide bonds. The lowest BCUT2D eigenvalue weighted by atomic mass is 10.1. The number of hydrogen-bond donors (Lipinski definition) is 2. The number of nitrogens with zero attached hydrogens (tertiary/aromatic N) is 1. The van der Waals surface area contributed by atoms with Crippen LogP contribution in [0.25, 0.3) is 11.0 Å². The molecule has 0 saturated heterocycles. The number of pyridine rings is 1. The fraction of sp³-hybridized carbons (Fsp3) is 0.0667. The molecule has 0 radical (unpaired) electrons. The zero-order chi connectivity index (χ0) is 15.7. The summed E-state index contributed by atoms with van der Waals surface area (Å²) in [5, 5.41) is 13.5. The van der Waals surface area contributed by atoms with Gasteiger partial charge in [-0.25, -0.2) is 9.78 Å². The van der Waals surface area contributed by atoms with Crippen molar-refractivity contribution < 1.29 is 14.3 Å². The first-order valence-electron chi connectivity index (χ1n) is 6.34. The fourth-order valence-corrected chi connectivity index (χ4v) is 2.52. The number of aromatic nitrogens is 1. The summed E-state index contributed by atoms with van der Waals surface area (Å²) in [4.78, 5) is 14.8. The fourth-order valence-electron chi connectivity index (χ4n) is 2.06. The van der Waals surface area contributed by atoms with Gasteiger partial charge in [0.05, 0.1) is 0 Å².